The summed E-state index contributed by atoms with van der Waals surface area (Å²) in [4.78, 5) is 30.8. The Morgan fingerprint density at radius 3 is 2.80 bits per heavy atom. The van der Waals surface area contributed by atoms with Crippen molar-refractivity contribution >= 4 is 23.2 Å². The summed E-state index contributed by atoms with van der Waals surface area (Å²) in [6, 6.07) is 10.7. The third kappa shape index (κ3) is 4.37. The highest BCUT2D eigenvalue weighted by Gasteiger charge is 2.31. The van der Waals surface area contributed by atoms with Gasteiger partial charge in [0.15, 0.2) is 16.7 Å². The number of carbonyl (C=O) groups excluding carboxylic acids is 2. The molecule has 2 aromatic carbocycles. The van der Waals surface area contributed by atoms with E-state index < -0.39 is 17.6 Å². The van der Waals surface area contributed by atoms with Gasteiger partial charge in [-0.2, -0.15) is 0 Å². The van der Waals surface area contributed by atoms with Crippen LogP contribution in [0.2, 0.25) is 0 Å². The van der Waals surface area contributed by atoms with Crippen LogP contribution in [0.15, 0.2) is 54.0 Å². The van der Waals surface area contributed by atoms with E-state index in [0.29, 0.717) is 29.5 Å². The first-order valence-electron chi connectivity index (χ1n) is 10.9. The summed E-state index contributed by atoms with van der Waals surface area (Å²) in [5.41, 5.74) is 6.15. The van der Waals surface area contributed by atoms with E-state index in [1.807, 2.05) is 16.9 Å². The normalized spacial score (nSPS) is 15.0. The smallest absolute Gasteiger partial charge is 0.257 e. The van der Waals surface area contributed by atoms with Gasteiger partial charge >= 0.3 is 0 Å². The molecule has 11 heteroatoms. The third-order valence-corrected chi connectivity index (χ3v) is 6.51. The number of carbonyl (C=O) groups is 2. The number of halogens is 1. The molecule has 178 valence electrons. The summed E-state index contributed by atoms with van der Waals surface area (Å²) in [7, 11) is 0. The number of thiazole rings is 1. The van der Waals surface area contributed by atoms with E-state index in [1.165, 1.54) is 29.5 Å². The molecule has 0 spiro atoms. The van der Waals surface area contributed by atoms with Gasteiger partial charge in [0.25, 0.3) is 11.8 Å². The van der Waals surface area contributed by atoms with Crippen LogP contribution in [0.5, 0.6) is 5.75 Å². The zero-order valence-electron chi connectivity index (χ0n) is 18.7. The number of para-hydroxylation sites is 1. The van der Waals surface area contributed by atoms with Crippen molar-refractivity contribution in [1.29, 1.82) is 0 Å². The maximum Gasteiger partial charge on any atom is 0.257 e. The summed E-state index contributed by atoms with van der Waals surface area (Å²) >= 11 is 1.47. The van der Waals surface area contributed by atoms with Crippen molar-refractivity contribution in [2.45, 2.75) is 26.1 Å². The molecule has 1 atom stereocenters. The minimum absolute atomic E-state index is 0.0345. The number of hydrogen-bond acceptors (Lipinski definition) is 7. The molecule has 5 rings (SSSR count). The predicted molar refractivity (Wildman–Crippen MR) is 126 cm³/mol. The maximum absolute atomic E-state index is 14.7. The minimum atomic E-state index is -0.626. The van der Waals surface area contributed by atoms with Gasteiger partial charge in [0.1, 0.15) is 18.2 Å². The summed E-state index contributed by atoms with van der Waals surface area (Å²) in [6.45, 7) is 2.56. The van der Waals surface area contributed by atoms with Crippen LogP contribution < -0.4 is 10.5 Å². The Balaban J connectivity index is 1.35. The van der Waals surface area contributed by atoms with Crippen molar-refractivity contribution in [2.75, 3.05) is 6.54 Å². The molecule has 0 saturated carbocycles. The number of rotatable bonds is 6. The molecule has 0 saturated heterocycles. The standard InChI is InChI=1S/C24H21FN6O3S/c1-14-11-30(12-20-28-29-22(31(14)20)23-27-8-9-35-23)24(33)17-10-15(6-7-18(17)25)13-34-19-5-3-2-4-16(19)21(26)32/h2-10,14H,11-13H2,1H3,(H2,26,32). The van der Waals surface area contributed by atoms with Crippen molar-refractivity contribution in [3.8, 4) is 16.6 Å². The van der Waals surface area contributed by atoms with Crippen molar-refractivity contribution in [3.05, 3.63) is 82.4 Å². The molecule has 1 aliphatic rings. The largest absolute Gasteiger partial charge is 0.488 e. The molecule has 9 nitrogen and oxygen atoms in total. The van der Waals surface area contributed by atoms with Crippen LogP contribution in [0.1, 0.15) is 45.1 Å². The molecule has 0 radical (unpaired) electrons. The number of nitrogens with zero attached hydrogens (tertiary/aromatic N) is 5. The molecule has 2 N–H and O–H groups in total. The molecule has 0 fully saturated rings. The monoisotopic (exact) mass is 492 g/mol. The van der Waals surface area contributed by atoms with Gasteiger partial charge in [-0.25, -0.2) is 9.37 Å². The molecule has 2 aromatic heterocycles. The Labute approximate surface area is 204 Å². The first-order chi connectivity index (χ1) is 16.9. The lowest BCUT2D eigenvalue weighted by molar-refractivity contribution is 0.0677. The topological polar surface area (TPSA) is 116 Å². The van der Waals surface area contributed by atoms with Crippen molar-refractivity contribution in [1.82, 2.24) is 24.6 Å². The van der Waals surface area contributed by atoms with E-state index in [-0.39, 0.29) is 30.3 Å². The van der Waals surface area contributed by atoms with Gasteiger partial charge in [-0.15, -0.1) is 21.5 Å². The van der Waals surface area contributed by atoms with Gasteiger partial charge < -0.3 is 19.9 Å². The number of fused-ring (bicyclic) bond motifs is 1. The molecule has 4 aromatic rings. The minimum Gasteiger partial charge on any atom is -0.488 e. The predicted octanol–water partition coefficient (Wildman–Crippen LogP) is 3.44. The average molecular weight is 493 g/mol. The van der Waals surface area contributed by atoms with Crippen LogP contribution in [0, 0.1) is 5.82 Å². The number of ether oxygens (including phenoxy) is 1. The van der Waals surface area contributed by atoms with E-state index in [2.05, 4.69) is 15.2 Å². The molecule has 1 unspecified atom stereocenters. The van der Waals surface area contributed by atoms with Gasteiger partial charge in [0, 0.05) is 18.1 Å². The van der Waals surface area contributed by atoms with E-state index in [0.717, 1.165) is 5.01 Å². The number of aromatic nitrogens is 4. The molecule has 2 amide bonds. The van der Waals surface area contributed by atoms with Crippen LogP contribution in [-0.4, -0.2) is 43.0 Å². The Morgan fingerprint density at radius 1 is 1.20 bits per heavy atom. The summed E-state index contributed by atoms with van der Waals surface area (Å²) in [5.74, 6) is -0.0854. The maximum atomic E-state index is 14.7. The van der Waals surface area contributed by atoms with Crippen LogP contribution in [0.3, 0.4) is 0 Å². The van der Waals surface area contributed by atoms with Crippen LogP contribution in [0.4, 0.5) is 4.39 Å². The summed E-state index contributed by atoms with van der Waals surface area (Å²) < 4.78 is 22.4. The van der Waals surface area contributed by atoms with E-state index in [9.17, 15) is 14.0 Å². The fraction of sp³-hybridized carbons (Fsp3) is 0.208. The van der Waals surface area contributed by atoms with Crippen LogP contribution >= 0.6 is 11.3 Å². The number of primary amides is 1. The second-order valence-electron chi connectivity index (χ2n) is 8.15. The number of benzene rings is 2. The summed E-state index contributed by atoms with van der Waals surface area (Å²) in [5, 5.41) is 11.1. The molecular weight excluding hydrogens is 471 g/mol. The SMILES string of the molecule is CC1CN(C(=O)c2cc(COc3ccccc3C(N)=O)ccc2F)Cc2nnc(-c3nccs3)n21. The molecule has 0 aliphatic carbocycles. The lowest BCUT2D eigenvalue weighted by Gasteiger charge is -2.32. The van der Waals surface area contributed by atoms with Gasteiger partial charge in [-0.05, 0) is 36.8 Å². The quantitative estimate of drug-likeness (QED) is 0.441. The highest BCUT2D eigenvalue weighted by atomic mass is 32.1. The molecule has 0 bridgehead atoms. The second-order valence-corrected chi connectivity index (χ2v) is 9.04. The summed E-state index contributed by atoms with van der Waals surface area (Å²) in [6.07, 6.45) is 1.71. The number of nitrogens with two attached hydrogens (primary N) is 1. The lowest BCUT2D eigenvalue weighted by Crippen LogP contribution is -2.40. The Hall–Kier alpha value is -4.12. The Bertz CT molecular complexity index is 1400. The fourth-order valence-electron chi connectivity index (χ4n) is 4.12. The molecule has 1 aliphatic heterocycles. The second kappa shape index (κ2) is 9.26. The zero-order valence-corrected chi connectivity index (χ0v) is 19.5. The first-order valence-corrected chi connectivity index (χ1v) is 11.7. The first kappa shape index (κ1) is 22.7. The Kier molecular flexibility index (Phi) is 6.00. The number of hydrogen-bond donors (Lipinski definition) is 1. The zero-order chi connectivity index (χ0) is 24.5. The molecule has 35 heavy (non-hydrogen) atoms. The molecule has 3 heterocycles. The van der Waals surface area contributed by atoms with Crippen molar-refractivity contribution in [2.24, 2.45) is 5.73 Å². The third-order valence-electron chi connectivity index (χ3n) is 5.74. The van der Waals surface area contributed by atoms with Crippen molar-refractivity contribution < 1.29 is 18.7 Å². The van der Waals surface area contributed by atoms with Gasteiger partial charge in [-0.3, -0.25) is 9.59 Å². The van der Waals surface area contributed by atoms with Crippen LogP contribution in [-0.2, 0) is 13.2 Å². The average Bonchev–Trinajstić information content (AvgIpc) is 3.53. The fourth-order valence-corrected chi connectivity index (χ4v) is 4.74. The van der Waals surface area contributed by atoms with E-state index >= 15 is 0 Å². The highest BCUT2D eigenvalue weighted by Crippen LogP contribution is 2.29. The van der Waals surface area contributed by atoms with Gasteiger partial charge in [0.2, 0.25) is 0 Å². The number of amides is 2. The van der Waals surface area contributed by atoms with E-state index in [4.69, 9.17) is 10.5 Å². The van der Waals surface area contributed by atoms with Gasteiger partial charge in [0.05, 0.1) is 23.7 Å². The van der Waals surface area contributed by atoms with Crippen molar-refractivity contribution in [3.63, 3.8) is 0 Å². The lowest BCUT2D eigenvalue weighted by atomic mass is 10.1. The van der Waals surface area contributed by atoms with E-state index in [1.54, 1.807) is 35.4 Å². The van der Waals surface area contributed by atoms with Gasteiger partial charge in [-0.1, -0.05) is 18.2 Å². The molecular formula is C24H21FN6O3S. The van der Waals surface area contributed by atoms with Crippen LogP contribution in [0.25, 0.3) is 10.8 Å². The highest BCUT2D eigenvalue weighted by molar-refractivity contribution is 7.13. The Morgan fingerprint density at radius 2 is 2.03 bits per heavy atom.